The Balaban J connectivity index is 2.03. The molecule has 2 N–H and O–H groups in total. The molecule has 0 bridgehead atoms. The molecule has 0 radical (unpaired) electrons. The number of rotatable bonds is 10. The first-order valence-corrected chi connectivity index (χ1v) is 11.8. The molecule has 7 nitrogen and oxygen atoms in total. The van der Waals surface area contributed by atoms with Crippen LogP contribution in [0.25, 0.3) is 0 Å². The Bertz CT molecular complexity index is 646. The summed E-state index contributed by atoms with van der Waals surface area (Å²) >= 11 is 0. The van der Waals surface area contributed by atoms with Crippen molar-refractivity contribution in [3.8, 4) is 0 Å². The van der Waals surface area contributed by atoms with Crippen LogP contribution in [0.15, 0.2) is 4.99 Å². The summed E-state index contributed by atoms with van der Waals surface area (Å²) in [4.78, 5) is 7.57. The van der Waals surface area contributed by atoms with Crippen molar-refractivity contribution in [2.75, 3.05) is 39.9 Å². The van der Waals surface area contributed by atoms with Gasteiger partial charge < -0.3 is 15.4 Å². The van der Waals surface area contributed by atoms with Gasteiger partial charge in [-0.05, 0) is 52.6 Å². The highest BCUT2D eigenvalue weighted by Gasteiger charge is 2.23. The molecule has 0 saturated carbocycles. The van der Waals surface area contributed by atoms with E-state index in [2.05, 4.69) is 55.3 Å². The number of aryl methyl sites for hydroxylation is 1. The molecule has 0 spiro atoms. The SMILES string of the molecule is CCNC(=NCc1c(C)nn(CCOC)c1C)NCC(C(C)C)N1CCCCCC1. The Morgan fingerprint density at radius 3 is 2.43 bits per heavy atom. The number of guanidine groups is 1. The maximum atomic E-state index is 5.20. The number of nitrogens with zero attached hydrogens (tertiary/aromatic N) is 4. The molecule has 1 saturated heterocycles. The summed E-state index contributed by atoms with van der Waals surface area (Å²) in [6.45, 7) is 17.3. The van der Waals surface area contributed by atoms with Gasteiger partial charge in [0.05, 0.1) is 25.4 Å². The summed E-state index contributed by atoms with van der Waals surface area (Å²) in [5.41, 5.74) is 3.43. The van der Waals surface area contributed by atoms with Gasteiger partial charge in [-0.1, -0.05) is 26.7 Å². The molecule has 0 amide bonds. The van der Waals surface area contributed by atoms with Crippen molar-refractivity contribution in [3.05, 3.63) is 17.0 Å². The smallest absolute Gasteiger partial charge is 0.191 e. The average Bonchev–Trinajstić information content (AvgIpc) is 2.89. The Hall–Kier alpha value is -1.60. The van der Waals surface area contributed by atoms with E-state index in [1.54, 1.807) is 7.11 Å². The van der Waals surface area contributed by atoms with Crippen LogP contribution in [0, 0.1) is 19.8 Å². The minimum atomic E-state index is 0.534. The summed E-state index contributed by atoms with van der Waals surface area (Å²) in [6.07, 6.45) is 5.39. The van der Waals surface area contributed by atoms with Gasteiger partial charge in [0.1, 0.15) is 0 Å². The number of methoxy groups -OCH3 is 1. The fourth-order valence-corrected chi connectivity index (χ4v) is 4.27. The lowest BCUT2D eigenvalue weighted by molar-refractivity contribution is 0.161. The van der Waals surface area contributed by atoms with Crippen molar-refractivity contribution >= 4 is 5.96 Å². The molecule has 1 atom stereocenters. The number of aromatic nitrogens is 2. The third-order valence-corrected chi connectivity index (χ3v) is 6.14. The van der Waals surface area contributed by atoms with Crippen molar-refractivity contribution in [2.24, 2.45) is 10.9 Å². The fourth-order valence-electron chi connectivity index (χ4n) is 4.27. The van der Waals surface area contributed by atoms with Gasteiger partial charge in [0.25, 0.3) is 0 Å². The molecule has 2 rings (SSSR count). The molecule has 1 aliphatic heterocycles. The van der Waals surface area contributed by atoms with Crippen molar-refractivity contribution in [1.29, 1.82) is 0 Å². The van der Waals surface area contributed by atoms with E-state index in [1.165, 1.54) is 50.0 Å². The van der Waals surface area contributed by atoms with E-state index in [0.29, 0.717) is 25.1 Å². The van der Waals surface area contributed by atoms with E-state index in [0.717, 1.165) is 31.3 Å². The molecule has 1 aliphatic rings. The summed E-state index contributed by atoms with van der Waals surface area (Å²) in [5.74, 6) is 1.50. The monoisotopic (exact) mass is 420 g/mol. The fraction of sp³-hybridized carbons (Fsp3) is 0.826. The van der Waals surface area contributed by atoms with Gasteiger partial charge in [0.15, 0.2) is 5.96 Å². The molecule has 1 fully saturated rings. The van der Waals surface area contributed by atoms with Gasteiger partial charge in [0, 0.05) is 37.5 Å². The van der Waals surface area contributed by atoms with Crippen molar-refractivity contribution in [1.82, 2.24) is 25.3 Å². The van der Waals surface area contributed by atoms with Crippen LogP contribution in [0.2, 0.25) is 0 Å². The molecular formula is C23H44N6O. The van der Waals surface area contributed by atoms with Crippen LogP contribution < -0.4 is 10.6 Å². The molecule has 7 heteroatoms. The van der Waals surface area contributed by atoms with Gasteiger partial charge in [0.2, 0.25) is 0 Å². The standard InChI is InChI=1S/C23H44N6O/c1-7-24-23(25-16-21-19(4)27-29(20(21)5)14-15-30-6)26-17-22(18(2)3)28-12-10-8-9-11-13-28/h18,22H,7-17H2,1-6H3,(H2,24,25,26). The predicted molar refractivity (Wildman–Crippen MR) is 125 cm³/mol. The normalized spacial score (nSPS) is 17.2. The highest BCUT2D eigenvalue weighted by molar-refractivity contribution is 5.79. The summed E-state index contributed by atoms with van der Waals surface area (Å²) in [7, 11) is 1.72. The Labute approximate surface area is 183 Å². The largest absolute Gasteiger partial charge is 0.383 e. The number of ether oxygens (including phenoxy) is 1. The number of nitrogens with one attached hydrogen (secondary N) is 2. The molecular weight excluding hydrogens is 376 g/mol. The van der Waals surface area contributed by atoms with Gasteiger partial charge in [-0.15, -0.1) is 0 Å². The lowest BCUT2D eigenvalue weighted by Crippen LogP contribution is -2.49. The highest BCUT2D eigenvalue weighted by Crippen LogP contribution is 2.17. The Morgan fingerprint density at radius 1 is 1.13 bits per heavy atom. The second-order valence-corrected chi connectivity index (χ2v) is 8.70. The molecule has 172 valence electrons. The number of hydrogen-bond acceptors (Lipinski definition) is 4. The van der Waals surface area contributed by atoms with Crippen molar-refractivity contribution in [3.63, 3.8) is 0 Å². The first-order valence-electron chi connectivity index (χ1n) is 11.8. The van der Waals surface area contributed by atoms with Crippen LogP contribution in [-0.4, -0.2) is 66.6 Å². The van der Waals surface area contributed by atoms with Crippen LogP contribution in [0.3, 0.4) is 0 Å². The van der Waals surface area contributed by atoms with E-state index in [9.17, 15) is 0 Å². The van der Waals surface area contributed by atoms with E-state index >= 15 is 0 Å². The lowest BCUT2D eigenvalue weighted by atomic mass is 10.0. The second kappa shape index (κ2) is 13.0. The van der Waals surface area contributed by atoms with Gasteiger partial charge >= 0.3 is 0 Å². The Kier molecular flexibility index (Phi) is 10.6. The molecule has 30 heavy (non-hydrogen) atoms. The van der Waals surface area contributed by atoms with E-state index in [4.69, 9.17) is 9.73 Å². The first-order chi connectivity index (χ1) is 14.5. The number of likely N-dealkylation sites (tertiary alicyclic amines) is 1. The minimum Gasteiger partial charge on any atom is -0.383 e. The van der Waals surface area contributed by atoms with Gasteiger partial charge in [-0.25, -0.2) is 4.99 Å². The molecule has 1 aromatic heterocycles. The lowest BCUT2D eigenvalue weighted by Gasteiger charge is -2.34. The minimum absolute atomic E-state index is 0.534. The Morgan fingerprint density at radius 2 is 1.83 bits per heavy atom. The molecule has 1 unspecified atom stereocenters. The zero-order chi connectivity index (χ0) is 21.9. The van der Waals surface area contributed by atoms with E-state index < -0.39 is 0 Å². The number of hydrogen-bond donors (Lipinski definition) is 2. The van der Waals surface area contributed by atoms with Crippen LogP contribution >= 0.6 is 0 Å². The maximum absolute atomic E-state index is 5.20. The molecule has 0 aliphatic carbocycles. The quantitative estimate of drug-likeness (QED) is 0.450. The van der Waals surface area contributed by atoms with Gasteiger partial charge in [-0.2, -0.15) is 5.10 Å². The van der Waals surface area contributed by atoms with Crippen LogP contribution in [0.5, 0.6) is 0 Å². The average molecular weight is 421 g/mol. The van der Waals surface area contributed by atoms with Crippen LogP contribution in [-0.2, 0) is 17.8 Å². The highest BCUT2D eigenvalue weighted by atomic mass is 16.5. The maximum Gasteiger partial charge on any atom is 0.191 e. The summed E-state index contributed by atoms with van der Waals surface area (Å²) in [5, 5.41) is 11.7. The van der Waals surface area contributed by atoms with Crippen LogP contribution in [0.1, 0.15) is 63.4 Å². The van der Waals surface area contributed by atoms with Crippen molar-refractivity contribution < 1.29 is 4.74 Å². The van der Waals surface area contributed by atoms with E-state index in [1.807, 2.05) is 4.68 Å². The topological polar surface area (TPSA) is 66.7 Å². The van der Waals surface area contributed by atoms with Crippen LogP contribution in [0.4, 0.5) is 0 Å². The molecule has 0 aromatic carbocycles. The summed E-state index contributed by atoms with van der Waals surface area (Å²) in [6, 6.07) is 0.534. The third-order valence-electron chi connectivity index (χ3n) is 6.14. The zero-order valence-corrected chi connectivity index (χ0v) is 20.1. The zero-order valence-electron chi connectivity index (χ0n) is 20.1. The van der Waals surface area contributed by atoms with E-state index in [-0.39, 0.29) is 0 Å². The summed E-state index contributed by atoms with van der Waals surface area (Å²) < 4.78 is 7.22. The number of aliphatic imine (C=N–C) groups is 1. The molecule has 2 heterocycles. The molecule has 1 aromatic rings. The third kappa shape index (κ3) is 7.27. The first kappa shape index (κ1) is 24.7. The predicted octanol–water partition coefficient (Wildman–Crippen LogP) is 3.10. The second-order valence-electron chi connectivity index (χ2n) is 8.70. The van der Waals surface area contributed by atoms with Gasteiger partial charge in [-0.3, -0.25) is 9.58 Å². The van der Waals surface area contributed by atoms with Crippen molar-refractivity contribution in [2.45, 2.75) is 79.4 Å².